The maximum absolute atomic E-state index is 12.3. The molecule has 0 saturated heterocycles. The molecule has 1 amide bonds. The molecular weight excluding hydrogens is 286 g/mol. The van der Waals surface area contributed by atoms with E-state index in [4.69, 9.17) is 0 Å². The highest BCUT2D eigenvalue weighted by atomic mass is 16.3. The van der Waals surface area contributed by atoms with Crippen LogP contribution >= 0.6 is 0 Å². The summed E-state index contributed by atoms with van der Waals surface area (Å²) in [6.45, 7) is 1.93. The minimum atomic E-state index is -1.16. The van der Waals surface area contributed by atoms with Gasteiger partial charge < -0.3 is 10.4 Å². The lowest BCUT2D eigenvalue weighted by atomic mass is 9.99. The van der Waals surface area contributed by atoms with Crippen molar-refractivity contribution in [1.82, 2.24) is 5.32 Å². The molecule has 3 heteroatoms. The molecule has 0 heterocycles. The van der Waals surface area contributed by atoms with Gasteiger partial charge in [0, 0.05) is 0 Å². The van der Waals surface area contributed by atoms with E-state index in [2.05, 4.69) is 5.32 Å². The maximum atomic E-state index is 12.3. The number of aliphatic hydroxyl groups is 1. The predicted octanol–water partition coefficient (Wildman–Crippen LogP) is 3.75. The summed E-state index contributed by atoms with van der Waals surface area (Å²) in [6, 6.07) is 22.9. The number of hydrogen-bond acceptors (Lipinski definition) is 2. The normalized spacial score (nSPS) is 13.5. The SMILES string of the molecule is C[C@H](NC(=O)[C@@H](O)c1ccccc1)c1cccc2ccccc12. The number of fused-ring (bicyclic) bond motifs is 1. The molecule has 0 spiro atoms. The lowest BCUT2D eigenvalue weighted by Gasteiger charge is -2.19. The Morgan fingerprint density at radius 2 is 1.57 bits per heavy atom. The van der Waals surface area contributed by atoms with Crippen LogP contribution < -0.4 is 5.32 Å². The highest BCUT2D eigenvalue weighted by molar-refractivity contribution is 5.87. The number of hydrogen-bond donors (Lipinski definition) is 2. The molecular formula is C20H19NO2. The van der Waals surface area contributed by atoms with Crippen molar-refractivity contribution < 1.29 is 9.90 Å². The van der Waals surface area contributed by atoms with Crippen molar-refractivity contribution in [1.29, 1.82) is 0 Å². The fourth-order valence-corrected chi connectivity index (χ4v) is 2.78. The first kappa shape index (κ1) is 15.3. The number of carbonyl (C=O) groups is 1. The summed E-state index contributed by atoms with van der Waals surface area (Å²) in [7, 11) is 0. The van der Waals surface area contributed by atoms with E-state index in [1.165, 1.54) is 0 Å². The molecule has 116 valence electrons. The summed E-state index contributed by atoms with van der Waals surface area (Å²) in [5.74, 6) is -0.392. The Balaban J connectivity index is 1.81. The highest BCUT2D eigenvalue weighted by Crippen LogP contribution is 2.24. The van der Waals surface area contributed by atoms with Gasteiger partial charge in [-0.1, -0.05) is 72.8 Å². The molecule has 3 rings (SSSR count). The third-order valence-electron chi connectivity index (χ3n) is 4.01. The van der Waals surface area contributed by atoms with Gasteiger partial charge in [-0.2, -0.15) is 0 Å². The van der Waals surface area contributed by atoms with Crippen molar-refractivity contribution in [3.8, 4) is 0 Å². The minimum Gasteiger partial charge on any atom is -0.378 e. The van der Waals surface area contributed by atoms with Crippen LogP contribution in [0.15, 0.2) is 72.8 Å². The molecule has 0 radical (unpaired) electrons. The third kappa shape index (κ3) is 3.25. The van der Waals surface area contributed by atoms with Gasteiger partial charge in [-0.05, 0) is 28.8 Å². The molecule has 2 N–H and O–H groups in total. The number of amides is 1. The van der Waals surface area contributed by atoms with Gasteiger partial charge in [0.1, 0.15) is 0 Å². The summed E-state index contributed by atoms with van der Waals surface area (Å²) in [4.78, 5) is 12.3. The summed E-state index contributed by atoms with van der Waals surface area (Å²) in [5.41, 5.74) is 1.63. The Bertz CT molecular complexity index is 809. The summed E-state index contributed by atoms with van der Waals surface area (Å²) < 4.78 is 0. The van der Waals surface area contributed by atoms with Gasteiger partial charge in [0.25, 0.3) is 5.91 Å². The number of carbonyl (C=O) groups excluding carboxylic acids is 1. The Kier molecular flexibility index (Phi) is 4.40. The van der Waals surface area contributed by atoms with Gasteiger partial charge in [-0.3, -0.25) is 4.79 Å². The molecule has 3 nitrogen and oxygen atoms in total. The largest absolute Gasteiger partial charge is 0.378 e. The van der Waals surface area contributed by atoms with Crippen LogP contribution in [0.2, 0.25) is 0 Å². The zero-order valence-electron chi connectivity index (χ0n) is 12.9. The van der Waals surface area contributed by atoms with Crippen molar-refractivity contribution in [2.75, 3.05) is 0 Å². The van der Waals surface area contributed by atoms with E-state index in [9.17, 15) is 9.90 Å². The van der Waals surface area contributed by atoms with Gasteiger partial charge in [0.2, 0.25) is 0 Å². The zero-order valence-corrected chi connectivity index (χ0v) is 12.9. The Hall–Kier alpha value is -2.65. The van der Waals surface area contributed by atoms with Crippen LogP contribution in [-0.4, -0.2) is 11.0 Å². The summed E-state index contributed by atoms with van der Waals surface area (Å²) in [5, 5.41) is 15.3. The third-order valence-corrected chi connectivity index (χ3v) is 4.01. The molecule has 0 aliphatic heterocycles. The molecule has 0 aromatic heterocycles. The molecule has 0 aliphatic carbocycles. The molecule has 2 atom stereocenters. The van der Waals surface area contributed by atoms with Gasteiger partial charge >= 0.3 is 0 Å². The van der Waals surface area contributed by atoms with Crippen LogP contribution in [0.1, 0.15) is 30.2 Å². The quantitative estimate of drug-likeness (QED) is 0.771. The van der Waals surface area contributed by atoms with Crippen LogP contribution in [-0.2, 0) is 4.79 Å². The van der Waals surface area contributed by atoms with Gasteiger partial charge in [-0.15, -0.1) is 0 Å². The average Bonchev–Trinajstić information content (AvgIpc) is 2.61. The zero-order chi connectivity index (χ0) is 16.2. The second-order valence-electron chi connectivity index (χ2n) is 5.61. The van der Waals surface area contributed by atoms with Crippen molar-refractivity contribution in [2.45, 2.75) is 19.1 Å². The number of benzene rings is 3. The van der Waals surface area contributed by atoms with Crippen molar-refractivity contribution >= 4 is 16.7 Å². The molecule has 23 heavy (non-hydrogen) atoms. The standard InChI is InChI=1S/C20H19NO2/c1-14(17-13-7-11-15-8-5-6-12-18(15)17)21-20(23)19(22)16-9-3-2-4-10-16/h2-14,19,22H,1H3,(H,21,23)/t14-,19-/m0/s1. The van der Waals surface area contributed by atoms with Crippen molar-refractivity contribution in [3.63, 3.8) is 0 Å². The van der Waals surface area contributed by atoms with Gasteiger partial charge in [0.05, 0.1) is 6.04 Å². The van der Waals surface area contributed by atoms with Crippen LogP contribution in [0.5, 0.6) is 0 Å². The molecule has 0 fully saturated rings. The fraction of sp³-hybridized carbons (Fsp3) is 0.150. The predicted molar refractivity (Wildman–Crippen MR) is 91.9 cm³/mol. The first-order valence-corrected chi connectivity index (χ1v) is 7.68. The lowest BCUT2D eigenvalue weighted by Crippen LogP contribution is -2.31. The van der Waals surface area contributed by atoms with Gasteiger partial charge in [-0.25, -0.2) is 0 Å². The first-order valence-electron chi connectivity index (χ1n) is 7.68. The van der Waals surface area contributed by atoms with E-state index in [1.807, 2.05) is 55.5 Å². The average molecular weight is 305 g/mol. The second-order valence-corrected chi connectivity index (χ2v) is 5.61. The van der Waals surface area contributed by atoms with Gasteiger partial charge in [0.15, 0.2) is 6.10 Å². The van der Waals surface area contributed by atoms with Crippen LogP contribution in [0, 0.1) is 0 Å². The van der Waals surface area contributed by atoms with Crippen molar-refractivity contribution in [2.24, 2.45) is 0 Å². The molecule has 0 saturated carbocycles. The van der Waals surface area contributed by atoms with Crippen LogP contribution in [0.4, 0.5) is 0 Å². The van der Waals surface area contributed by atoms with E-state index in [-0.39, 0.29) is 6.04 Å². The lowest BCUT2D eigenvalue weighted by molar-refractivity contribution is -0.130. The Labute approximate surface area is 135 Å². The number of rotatable bonds is 4. The van der Waals surface area contributed by atoms with E-state index in [0.717, 1.165) is 16.3 Å². The molecule has 0 aliphatic rings. The van der Waals surface area contributed by atoms with E-state index in [1.54, 1.807) is 24.3 Å². The summed E-state index contributed by atoms with van der Waals surface area (Å²) in [6.07, 6.45) is -1.16. The fourth-order valence-electron chi connectivity index (χ4n) is 2.78. The molecule has 0 unspecified atom stereocenters. The van der Waals surface area contributed by atoms with E-state index >= 15 is 0 Å². The Morgan fingerprint density at radius 1 is 0.913 bits per heavy atom. The Morgan fingerprint density at radius 3 is 2.35 bits per heavy atom. The maximum Gasteiger partial charge on any atom is 0.253 e. The topological polar surface area (TPSA) is 49.3 Å². The summed E-state index contributed by atoms with van der Waals surface area (Å²) >= 11 is 0. The second kappa shape index (κ2) is 6.63. The number of nitrogens with one attached hydrogen (secondary N) is 1. The van der Waals surface area contributed by atoms with Crippen molar-refractivity contribution in [3.05, 3.63) is 83.9 Å². The smallest absolute Gasteiger partial charge is 0.253 e. The molecule has 0 bridgehead atoms. The van der Waals surface area contributed by atoms with E-state index in [0.29, 0.717) is 5.56 Å². The molecule has 3 aromatic rings. The monoisotopic (exact) mass is 305 g/mol. The van der Waals surface area contributed by atoms with Crippen LogP contribution in [0.25, 0.3) is 10.8 Å². The van der Waals surface area contributed by atoms with Crippen LogP contribution in [0.3, 0.4) is 0 Å². The first-order chi connectivity index (χ1) is 11.2. The van der Waals surface area contributed by atoms with E-state index < -0.39 is 12.0 Å². The molecule has 3 aromatic carbocycles. The minimum absolute atomic E-state index is 0.188. The highest BCUT2D eigenvalue weighted by Gasteiger charge is 2.20. The number of aliphatic hydroxyl groups excluding tert-OH is 1.